The van der Waals surface area contributed by atoms with Crippen molar-refractivity contribution in [3.63, 3.8) is 0 Å². The second kappa shape index (κ2) is 7.04. The Bertz CT molecular complexity index is 854. The average molecular weight is 366 g/mol. The number of hydrogen-bond acceptors (Lipinski definition) is 4. The SMILES string of the molecule is O=C1N[C@@]2(CCCc3ccccc32)C(=O)N1C[C@@H](O)COc1ccccc1. The number of amides is 3. The lowest BCUT2D eigenvalue weighted by molar-refractivity contribution is -0.133. The molecule has 6 heteroatoms. The molecular weight excluding hydrogens is 344 g/mol. The molecule has 2 aliphatic rings. The van der Waals surface area contributed by atoms with E-state index in [-0.39, 0.29) is 19.1 Å². The van der Waals surface area contributed by atoms with Crippen LogP contribution in [0.1, 0.15) is 24.0 Å². The number of benzene rings is 2. The number of urea groups is 1. The molecule has 140 valence electrons. The number of fused-ring (bicyclic) bond motifs is 2. The van der Waals surface area contributed by atoms with E-state index in [2.05, 4.69) is 5.32 Å². The maximum atomic E-state index is 13.2. The fraction of sp³-hybridized carbons (Fsp3) is 0.333. The summed E-state index contributed by atoms with van der Waals surface area (Å²) in [5.74, 6) is 0.338. The number of β-amino-alcohol motifs (C(OH)–C–C–N with tert-alkyl or cyclic N) is 1. The third-order valence-corrected chi connectivity index (χ3v) is 5.23. The molecule has 2 aromatic rings. The summed E-state index contributed by atoms with van der Waals surface area (Å²) in [6.07, 6.45) is 1.33. The lowest BCUT2D eigenvalue weighted by Crippen LogP contribution is -2.47. The van der Waals surface area contributed by atoms with Gasteiger partial charge in [-0.1, -0.05) is 42.5 Å². The summed E-state index contributed by atoms with van der Waals surface area (Å²) in [6, 6.07) is 16.4. The monoisotopic (exact) mass is 366 g/mol. The highest BCUT2D eigenvalue weighted by Gasteiger charge is 2.54. The lowest BCUT2D eigenvalue weighted by Gasteiger charge is -2.33. The molecule has 3 amide bonds. The predicted octanol–water partition coefficient (Wildman–Crippen LogP) is 2.21. The topological polar surface area (TPSA) is 78.9 Å². The van der Waals surface area contributed by atoms with Crippen LogP contribution < -0.4 is 10.1 Å². The number of hydrogen-bond donors (Lipinski definition) is 2. The van der Waals surface area contributed by atoms with Crippen LogP contribution in [-0.2, 0) is 16.8 Å². The fourth-order valence-electron chi connectivity index (χ4n) is 3.95. The molecule has 1 heterocycles. The van der Waals surface area contributed by atoms with Crippen molar-refractivity contribution >= 4 is 11.9 Å². The molecule has 2 atom stereocenters. The number of aliphatic hydroxyl groups is 1. The average Bonchev–Trinajstić information content (AvgIpc) is 2.92. The maximum Gasteiger partial charge on any atom is 0.325 e. The zero-order chi connectivity index (χ0) is 18.9. The largest absolute Gasteiger partial charge is 0.491 e. The fourth-order valence-corrected chi connectivity index (χ4v) is 3.95. The van der Waals surface area contributed by atoms with Gasteiger partial charge in [0.2, 0.25) is 0 Å². The summed E-state index contributed by atoms with van der Waals surface area (Å²) in [5, 5.41) is 13.2. The van der Waals surface area contributed by atoms with Crippen molar-refractivity contribution < 1.29 is 19.4 Å². The van der Waals surface area contributed by atoms with Crippen molar-refractivity contribution in [3.05, 3.63) is 65.7 Å². The van der Waals surface area contributed by atoms with Crippen LogP contribution in [0.3, 0.4) is 0 Å². The third-order valence-electron chi connectivity index (χ3n) is 5.23. The Hall–Kier alpha value is -2.86. The number of carbonyl (C=O) groups excluding carboxylic acids is 2. The summed E-state index contributed by atoms with van der Waals surface area (Å²) in [7, 11) is 0. The molecule has 0 unspecified atom stereocenters. The number of nitrogens with zero attached hydrogens (tertiary/aromatic N) is 1. The van der Waals surface area contributed by atoms with Crippen LogP contribution in [0.4, 0.5) is 4.79 Å². The van der Waals surface area contributed by atoms with Crippen molar-refractivity contribution in [2.24, 2.45) is 0 Å². The van der Waals surface area contributed by atoms with Crippen LogP contribution >= 0.6 is 0 Å². The van der Waals surface area contributed by atoms with Crippen molar-refractivity contribution in [2.75, 3.05) is 13.2 Å². The Labute approximate surface area is 157 Å². The lowest BCUT2D eigenvalue weighted by atomic mass is 9.76. The highest BCUT2D eigenvalue weighted by atomic mass is 16.5. The second-order valence-electron chi connectivity index (χ2n) is 7.04. The first-order chi connectivity index (χ1) is 13.1. The third kappa shape index (κ3) is 3.17. The number of para-hydroxylation sites is 1. The van der Waals surface area contributed by atoms with Crippen molar-refractivity contribution in [1.29, 1.82) is 0 Å². The number of ether oxygens (including phenoxy) is 1. The molecule has 1 fully saturated rings. The molecule has 27 heavy (non-hydrogen) atoms. The van der Waals surface area contributed by atoms with Crippen LogP contribution in [-0.4, -0.2) is 41.2 Å². The summed E-state index contributed by atoms with van der Waals surface area (Å²) in [5.41, 5.74) is 0.950. The predicted molar refractivity (Wildman–Crippen MR) is 99.2 cm³/mol. The molecule has 6 nitrogen and oxygen atoms in total. The van der Waals surface area contributed by atoms with Crippen molar-refractivity contribution in [1.82, 2.24) is 10.2 Å². The number of imide groups is 1. The number of carbonyl (C=O) groups is 2. The normalized spacial score (nSPS) is 22.5. The van der Waals surface area contributed by atoms with E-state index < -0.39 is 17.7 Å². The molecule has 2 N–H and O–H groups in total. The van der Waals surface area contributed by atoms with Gasteiger partial charge in [-0.25, -0.2) is 4.79 Å². The van der Waals surface area contributed by atoms with Crippen molar-refractivity contribution in [2.45, 2.75) is 30.9 Å². The van der Waals surface area contributed by atoms with Gasteiger partial charge in [0.1, 0.15) is 24.0 Å². The molecule has 4 rings (SSSR count). The van der Waals surface area contributed by atoms with Gasteiger partial charge in [0.05, 0.1) is 6.54 Å². The zero-order valence-electron chi connectivity index (χ0n) is 14.9. The second-order valence-corrected chi connectivity index (χ2v) is 7.04. The Balaban J connectivity index is 1.48. The Morgan fingerprint density at radius 1 is 1.11 bits per heavy atom. The van der Waals surface area contributed by atoms with E-state index >= 15 is 0 Å². The van der Waals surface area contributed by atoms with Gasteiger partial charge in [0.25, 0.3) is 5.91 Å². The van der Waals surface area contributed by atoms with Gasteiger partial charge in [-0.3, -0.25) is 9.69 Å². The number of nitrogens with one attached hydrogen (secondary N) is 1. The summed E-state index contributed by atoms with van der Waals surface area (Å²) in [6.45, 7) is -0.0912. The Morgan fingerprint density at radius 2 is 1.85 bits per heavy atom. The smallest absolute Gasteiger partial charge is 0.325 e. The van der Waals surface area contributed by atoms with E-state index in [0.29, 0.717) is 12.2 Å². The van der Waals surface area contributed by atoms with Gasteiger partial charge in [0, 0.05) is 0 Å². The Morgan fingerprint density at radius 3 is 2.67 bits per heavy atom. The standard InChI is InChI=1S/C21H22N2O4/c24-16(14-27-17-9-2-1-3-10-17)13-23-19(25)21(22-20(23)26)12-6-8-15-7-4-5-11-18(15)21/h1-5,7,9-11,16,24H,6,8,12-14H2,(H,22,26)/t16-,21-/m1/s1. The minimum Gasteiger partial charge on any atom is -0.491 e. The van der Waals surface area contributed by atoms with Crippen LogP contribution in [0, 0.1) is 0 Å². The van der Waals surface area contributed by atoms with Crippen molar-refractivity contribution in [3.8, 4) is 5.75 Å². The van der Waals surface area contributed by atoms with Crippen LogP contribution in [0.5, 0.6) is 5.75 Å². The molecule has 2 aromatic carbocycles. The van der Waals surface area contributed by atoms with E-state index in [9.17, 15) is 14.7 Å². The van der Waals surface area contributed by atoms with E-state index in [1.165, 1.54) is 0 Å². The highest BCUT2D eigenvalue weighted by Crippen LogP contribution is 2.39. The van der Waals surface area contributed by atoms with Gasteiger partial charge in [-0.05, 0) is 42.5 Å². The molecular formula is C21H22N2O4. The van der Waals surface area contributed by atoms with E-state index in [4.69, 9.17) is 4.74 Å². The van der Waals surface area contributed by atoms with Crippen LogP contribution in [0.2, 0.25) is 0 Å². The molecule has 0 bridgehead atoms. The molecule has 1 saturated heterocycles. The first-order valence-corrected chi connectivity index (χ1v) is 9.18. The summed E-state index contributed by atoms with van der Waals surface area (Å²) < 4.78 is 5.52. The van der Waals surface area contributed by atoms with Gasteiger partial charge < -0.3 is 15.2 Å². The molecule has 1 aliphatic carbocycles. The number of aryl methyl sites for hydroxylation is 1. The zero-order valence-corrected chi connectivity index (χ0v) is 14.9. The first kappa shape index (κ1) is 17.5. The first-order valence-electron chi connectivity index (χ1n) is 9.18. The molecule has 0 saturated carbocycles. The van der Waals surface area contributed by atoms with Gasteiger partial charge >= 0.3 is 6.03 Å². The van der Waals surface area contributed by atoms with E-state index in [1.807, 2.05) is 42.5 Å². The minimum absolute atomic E-state index is 0.00462. The van der Waals surface area contributed by atoms with Gasteiger partial charge in [0.15, 0.2) is 0 Å². The van der Waals surface area contributed by atoms with E-state index in [0.717, 1.165) is 28.9 Å². The minimum atomic E-state index is -1.01. The molecule has 0 aromatic heterocycles. The highest BCUT2D eigenvalue weighted by molar-refractivity contribution is 6.07. The number of aliphatic hydroxyl groups excluding tert-OH is 1. The summed E-state index contributed by atoms with van der Waals surface area (Å²) in [4.78, 5) is 26.8. The molecule has 1 spiro atoms. The summed E-state index contributed by atoms with van der Waals surface area (Å²) >= 11 is 0. The maximum absolute atomic E-state index is 13.2. The van der Waals surface area contributed by atoms with Crippen LogP contribution in [0.25, 0.3) is 0 Å². The van der Waals surface area contributed by atoms with Crippen LogP contribution in [0.15, 0.2) is 54.6 Å². The number of rotatable bonds is 5. The van der Waals surface area contributed by atoms with Gasteiger partial charge in [-0.15, -0.1) is 0 Å². The van der Waals surface area contributed by atoms with Gasteiger partial charge in [-0.2, -0.15) is 0 Å². The molecule has 0 radical (unpaired) electrons. The molecule has 1 aliphatic heterocycles. The van der Waals surface area contributed by atoms with E-state index in [1.54, 1.807) is 12.1 Å². The Kier molecular flexibility index (Phi) is 4.58. The quantitative estimate of drug-likeness (QED) is 0.796.